The van der Waals surface area contributed by atoms with Crippen molar-refractivity contribution < 1.29 is 13.2 Å². The van der Waals surface area contributed by atoms with Gasteiger partial charge in [0, 0.05) is 11.8 Å². The molecule has 1 aromatic carbocycles. The van der Waals surface area contributed by atoms with E-state index in [1.54, 1.807) is 18.3 Å². The zero-order chi connectivity index (χ0) is 14.0. The Balaban J connectivity index is 2.60. The number of halogens is 3. The van der Waals surface area contributed by atoms with E-state index in [-0.39, 0.29) is 0 Å². The van der Waals surface area contributed by atoms with Crippen LogP contribution >= 0.6 is 0 Å². The normalized spacial score (nSPS) is 11.1. The molecule has 0 atom stereocenters. The summed E-state index contributed by atoms with van der Waals surface area (Å²) < 4.78 is 38.1. The van der Waals surface area contributed by atoms with Crippen LogP contribution in [-0.2, 0) is 6.18 Å². The second-order valence-electron chi connectivity index (χ2n) is 4.13. The summed E-state index contributed by atoms with van der Waals surface area (Å²) >= 11 is 0. The molecular weight excluding hydrogens is 251 g/mol. The highest BCUT2D eigenvalue weighted by molar-refractivity contribution is 5.70. The molecule has 0 aliphatic rings. The number of nitrogens with zero attached hydrogens (tertiary/aromatic N) is 1. The lowest BCUT2D eigenvalue weighted by Crippen LogP contribution is -2.04. The lowest BCUT2D eigenvalue weighted by atomic mass is 10.0. The Kier molecular flexibility index (Phi) is 3.30. The van der Waals surface area contributed by atoms with Crippen LogP contribution in [0.4, 0.5) is 13.2 Å². The van der Waals surface area contributed by atoms with E-state index in [0.29, 0.717) is 16.8 Å². The molecule has 0 aliphatic heterocycles. The molecule has 1 nitrogen and oxygen atoms in total. The van der Waals surface area contributed by atoms with Crippen LogP contribution in [0.1, 0.15) is 16.8 Å². The van der Waals surface area contributed by atoms with E-state index in [4.69, 9.17) is 6.42 Å². The van der Waals surface area contributed by atoms with Crippen LogP contribution in [0.2, 0.25) is 0 Å². The Morgan fingerprint density at radius 1 is 1.21 bits per heavy atom. The van der Waals surface area contributed by atoms with Gasteiger partial charge in [0.05, 0.1) is 5.56 Å². The van der Waals surface area contributed by atoms with Crippen molar-refractivity contribution in [1.82, 2.24) is 4.98 Å². The first-order valence-corrected chi connectivity index (χ1v) is 5.52. The van der Waals surface area contributed by atoms with E-state index in [1.165, 1.54) is 6.07 Å². The van der Waals surface area contributed by atoms with Gasteiger partial charge in [-0.3, -0.25) is 0 Å². The molecule has 0 bridgehead atoms. The Labute approximate surface area is 109 Å². The first-order valence-electron chi connectivity index (χ1n) is 5.52. The van der Waals surface area contributed by atoms with Crippen molar-refractivity contribution in [2.45, 2.75) is 13.1 Å². The van der Waals surface area contributed by atoms with E-state index in [0.717, 1.165) is 17.7 Å². The third kappa shape index (κ3) is 2.76. The van der Waals surface area contributed by atoms with Gasteiger partial charge in [-0.05, 0) is 42.2 Å². The summed E-state index contributed by atoms with van der Waals surface area (Å²) in [6.45, 7) is 1.81. The molecule has 1 aromatic heterocycles. The molecule has 2 rings (SSSR count). The summed E-state index contributed by atoms with van der Waals surface area (Å²) in [5, 5.41) is 0. The first kappa shape index (κ1) is 13.2. The average molecular weight is 261 g/mol. The van der Waals surface area contributed by atoms with Crippen molar-refractivity contribution in [2.75, 3.05) is 0 Å². The predicted molar refractivity (Wildman–Crippen MR) is 67.3 cm³/mol. The summed E-state index contributed by atoms with van der Waals surface area (Å²) in [5.41, 5.74) is 1.43. The fraction of sp³-hybridized carbons (Fsp3) is 0.133. The SMILES string of the molecule is C#Cc1ncc(C)cc1-c1cccc(C(F)(F)F)c1. The van der Waals surface area contributed by atoms with Crippen LogP contribution in [0.15, 0.2) is 36.5 Å². The van der Waals surface area contributed by atoms with Crippen molar-refractivity contribution in [3.8, 4) is 23.5 Å². The first-order chi connectivity index (χ1) is 8.91. The number of aromatic nitrogens is 1. The Hall–Kier alpha value is -2.28. The molecule has 0 radical (unpaired) electrons. The largest absolute Gasteiger partial charge is 0.416 e. The van der Waals surface area contributed by atoms with Gasteiger partial charge in [-0.25, -0.2) is 4.98 Å². The van der Waals surface area contributed by atoms with E-state index >= 15 is 0 Å². The quantitative estimate of drug-likeness (QED) is 0.705. The van der Waals surface area contributed by atoms with Gasteiger partial charge in [-0.1, -0.05) is 12.1 Å². The highest BCUT2D eigenvalue weighted by Crippen LogP contribution is 2.32. The maximum absolute atomic E-state index is 12.7. The molecule has 0 spiro atoms. The predicted octanol–water partition coefficient (Wildman–Crippen LogP) is 4.06. The van der Waals surface area contributed by atoms with E-state index in [9.17, 15) is 13.2 Å². The number of aryl methyl sites for hydroxylation is 1. The van der Waals surface area contributed by atoms with Crippen molar-refractivity contribution in [2.24, 2.45) is 0 Å². The Morgan fingerprint density at radius 2 is 1.95 bits per heavy atom. The number of rotatable bonds is 1. The third-order valence-corrected chi connectivity index (χ3v) is 2.66. The molecule has 0 saturated carbocycles. The fourth-order valence-electron chi connectivity index (χ4n) is 1.77. The van der Waals surface area contributed by atoms with Crippen molar-refractivity contribution in [3.63, 3.8) is 0 Å². The molecule has 2 aromatic rings. The minimum Gasteiger partial charge on any atom is -0.247 e. The monoisotopic (exact) mass is 261 g/mol. The van der Waals surface area contributed by atoms with Crippen LogP contribution < -0.4 is 0 Å². The lowest BCUT2D eigenvalue weighted by molar-refractivity contribution is -0.137. The molecule has 0 amide bonds. The van der Waals surface area contributed by atoms with E-state index in [1.807, 2.05) is 6.92 Å². The number of hydrogen-bond donors (Lipinski definition) is 0. The average Bonchev–Trinajstić information content (AvgIpc) is 2.38. The Morgan fingerprint density at radius 3 is 2.58 bits per heavy atom. The van der Waals surface area contributed by atoms with Gasteiger partial charge in [0.2, 0.25) is 0 Å². The molecular formula is C15H10F3N. The zero-order valence-corrected chi connectivity index (χ0v) is 10.1. The third-order valence-electron chi connectivity index (χ3n) is 2.66. The standard InChI is InChI=1S/C15H10F3N/c1-3-14-13(7-10(2)9-19-14)11-5-4-6-12(8-11)15(16,17)18/h1,4-9H,2H3. The van der Waals surface area contributed by atoms with Gasteiger partial charge >= 0.3 is 6.18 Å². The van der Waals surface area contributed by atoms with Crippen LogP contribution in [0.3, 0.4) is 0 Å². The molecule has 0 unspecified atom stereocenters. The summed E-state index contributed by atoms with van der Waals surface area (Å²) in [6.07, 6.45) is 2.55. The summed E-state index contributed by atoms with van der Waals surface area (Å²) in [6, 6.07) is 6.80. The fourth-order valence-corrected chi connectivity index (χ4v) is 1.77. The highest BCUT2D eigenvalue weighted by Gasteiger charge is 2.30. The molecule has 4 heteroatoms. The van der Waals surface area contributed by atoms with Gasteiger partial charge < -0.3 is 0 Å². The van der Waals surface area contributed by atoms with E-state index in [2.05, 4.69) is 10.9 Å². The molecule has 1 heterocycles. The molecule has 96 valence electrons. The maximum Gasteiger partial charge on any atom is 0.416 e. The van der Waals surface area contributed by atoms with Crippen LogP contribution in [0.25, 0.3) is 11.1 Å². The van der Waals surface area contributed by atoms with Crippen LogP contribution in [-0.4, -0.2) is 4.98 Å². The molecule has 0 aliphatic carbocycles. The Bertz CT molecular complexity index is 651. The molecule has 0 N–H and O–H groups in total. The van der Waals surface area contributed by atoms with E-state index < -0.39 is 11.7 Å². The van der Waals surface area contributed by atoms with Gasteiger partial charge in [0.25, 0.3) is 0 Å². The molecule has 0 fully saturated rings. The second kappa shape index (κ2) is 4.77. The van der Waals surface area contributed by atoms with Crippen LogP contribution in [0.5, 0.6) is 0 Å². The van der Waals surface area contributed by atoms with Crippen molar-refractivity contribution >= 4 is 0 Å². The van der Waals surface area contributed by atoms with Crippen LogP contribution in [0, 0.1) is 19.3 Å². The van der Waals surface area contributed by atoms with Gasteiger partial charge in [-0.2, -0.15) is 13.2 Å². The number of terminal acetylenes is 1. The number of pyridine rings is 1. The van der Waals surface area contributed by atoms with Gasteiger partial charge in [0.1, 0.15) is 5.69 Å². The lowest BCUT2D eigenvalue weighted by Gasteiger charge is -2.10. The number of benzene rings is 1. The minimum absolute atomic E-state index is 0.338. The molecule has 19 heavy (non-hydrogen) atoms. The minimum atomic E-state index is -4.37. The summed E-state index contributed by atoms with van der Waals surface area (Å²) in [4.78, 5) is 4.05. The van der Waals surface area contributed by atoms with Crippen molar-refractivity contribution in [1.29, 1.82) is 0 Å². The zero-order valence-electron chi connectivity index (χ0n) is 10.1. The maximum atomic E-state index is 12.7. The molecule has 0 saturated heterocycles. The number of alkyl halides is 3. The highest BCUT2D eigenvalue weighted by atomic mass is 19.4. The topological polar surface area (TPSA) is 12.9 Å². The summed E-state index contributed by atoms with van der Waals surface area (Å²) in [7, 11) is 0. The smallest absolute Gasteiger partial charge is 0.247 e. The van der Waals surface area contributed by atoms with Gasteiger partial charge in [0.15, 0.2) is 0 Å². The van der Waals surface area contributed by atoms with Crippen molar-refractivity contribution in [3.05, 3.63) is 53.3 Å². The number of hydrogen-bond acceptors (Lipinski definition) is 1. The second-order valence-corrected chi connectivity index (χ2v) is 4.13. The van der Waals surface area contributed by atoms with Gasteiger partial charge in [-0.15, -0.1) is 6.42 Å². The summed E-state index contributed by atoms with van der Waals surface area (Å²) in [5.74, 6) is 2.39.